The van der Waals surface area contributed by atoms with Gasteiger partial charge in [0.15, 0.2) is 0 Å². The predicted octanol–water partition coefficient (Wildman–Crippen LogP) is 5.84. The summed E-state index contributed by atoms with van der Waals surface area (Å²) in [5, 5.41) is 0. The molecule has 0 N–H and O–H groups in total. The number of fused-ring (bicyclic) bond motifs is 5. The minimum absolute atomic E-state index is 0.0528. The van der Waals surface area contributed by atoms with Gasteiger partial charge in [0.05, 0.1) is 5.41 Å². The second-order valence-electron chi connectivity index (χ2n) is 11.4. The minimum Gasteiger partial charge on any atom is -0.462 e. The molecule has 0 spiro atoms. The number of carbonyl (C=O) groups excluding carboxylic acids is 1. The Morgan fingerprint density at radius 2 is 1.54 bits per heavy atom. The van der Waals surface area contributed by atoms with Gasteiger partial charge in [-0.3, -0.25) is 4.79 Å². The van der Waals surface area contributed by atoms with Crippen molar-refractivity contribution >= 4 is 5.97 Å². The molecule has 0 aliphatic heterocycles. The van der Waals surface area contributed by atoms with Crippen LogP contribution in [0.3, 0.4) is 0 Å². The molecular formula is C22H38O2. The first-order chi connectivity index (χ1) is 10.9. The van der Waals surface area contributed by atoms with Gasteiger partial charge < -0.3 is 4.74 Å². The summed E-state index contributed by atoms with van der Waals surface area (Å²) in [5.74, 6) is 3.35. The van der Waals surface area contributed by atoms with E-state index in [-0.39, 0.29) is 22.9 Å². The molecule has 0 aromatic carbocycles. The van der Waals surface area contributed by atoms with Crippen molar-refractivity contribution in [2.75, 3.05) is 0 Å². The molecule has 24 heavy (non-hydrogen) atoms. The molecule has 0 heterocycles. The Labute approximate surface area is 149 Å². The first-order valence-electron chi connectivity index (χ1n) is 10.1. The van der Waals surface area contributed by atoms with Crippen molar-refractivity contribution in [2.24, 2.45) is 39.9 Å². The Balaban J connectivity index is 1.73. The summed E-state index contributed by atoms with van der Waals surface area (Å²) in [5.41, 5.74) is -0.403. The second-order valence-corrected chi connectivity index (χ2v) is 11.4. The van der Waals surface area contributed by atoms with Crippen LogP contribution >= 0.6 is 0 Å². The van der Waals surface area contributed by atoms with Crippen molar-refractivity contribution in [3.05, 3.63) is 0 Å². The lowest BCUT2D eigenvalue weighted by Crippen LogP contribution is -2.46. The fourth-order valence-electron chi connectivity index (χ4n) is 6.11. The van der Waals surface area contributed by atoms with Crippen molar-refractivity contribution in [1.29, 1.82) is 0 Å². The standard InChI is InChI=1S/C22H38O2/c1-20(2,3)13-22(7,21(4,5)6)19(23)24-18-12-14-11-17(18)16-10-8-9-15(14)16/h14-18H,8-13H2,1-7H3. The van der Waals surface area contributed by atoms with Crippen LogP contribution in [0.4, 0.5) is 0 Å². The molecule has 3 rings (SSSR count). The molecule has 6 unspecified atom stereocenters. The number of ether oxygens (including phenoxy) is 1. The van der Waals surface area contributed by atoms with Gasteiger partial charge in [-0.05, 0) is 73.5 Å². The van der Waals surface area contributed by atoms with Crippen molar-refractivity contribution in [1.82, 2.24) is 0 Å². The third-order valence-electron chi connectivity index (χ3n) is 7.62. The molecule has 6 atom stereocenters. The fraction of sp³-hybridized carbons (Fsp3) is 0.955. The van der Waals surface area contributed by atoms with Crippen molar-refractivity contribution in [2.45, 2.75) is 93.1 Å². The molecule has 0 aromatic heterocycles. The van der Waals surface area contributed by atoms with Gasteiger partial charge >= 0.3 is 5.97 Å². The van der Waals surface area contributed by atoms with Gasteiger partial charge in [-0.1, -0.05) is 48.0 Å². The highest BCUT2D eigenvalue weighted by molar-refractivity contribution is 5.77. The quantitative estimate of drug-likeness (QED) is 0.606. The Bertz CT molecular complexity index is 495. The van der Waals surface area contributed by atoms with Crippen LogP contribution < -0.4 is 0 Å². The second kappa shape index (κ2) is 5.74. The van der Waals surface area contributed by atoms with Crippen molar-refractivity contribution in [3.63, 3.8) is 0 Å². The zero-order chi connectivity index (χ0) is 17.9. The number of carbonyl (C=O) groups is 1. The molecule has 2 bridgehead atoms. The average Bonchev–Trinajstić information content (AvgIpc) is 3.06. The maximum Gasteiger partial charge on any atom is 0.312 e. The van der Waals surface area contributed by atoms with Crippen LogP contribution in [0.15, 0.2) is 0 Å². The number of hydrogen-bond donors (Lipinski definition) is 0. The van der Waals surface area contributed by atoms with Gasteiger partial charge in [0, 0.05) is 0 Å². The van der Waals surface area contributed by atoms with Crippen LogP contribution in [0, 0.1) is 39.9 Å². The predicted molar refractivity (Wildman–Crippen MR) is 98.6 cm³/mol. The number of hydrogen-bond acceptors (Lipinski definition) is 2. The van der Waals surface area contributed by atoms with Crippen molar-refractivity contribution in [3.8, 4) is 0 Å². The first-order valence-corrected chi connectivity index (χ1v) is 10.1. The van der Waals surface area contributed by atoms with Gasteiger partial charge in [0.25, 0.3) is 0 Å². The zero-order valence-electron chi connectivity index (χ0n) is 16.9. The van der Waals surface area contributed by atoms with E-state index in [1.165, 1.54) is 25.7 Å². The lowest BCUT2D eigenvalue weighted by molar-refractivity contribution is -0.174. The third kappa shape index (κ3) is 3.03. The van der Waals surface area contributed by atoms with E-state index in [1.54, 1.807) is 0 Å². The van der Waals surface area contributed by atoms with Crippen LogP contribution in [-0.2, 0) is 9.53 Å². The molecule has 0 aromatic rings. The Morgan fingerprint density at radius 3 is 2.12 bits per heavy atom. The van der Waals surface area contributed by atoms with E-state index >= 15 is 0 Å². The van der Waals surface area contributed by atoms with E-state index in [0.717, 1.165) is 30.6 Å². The molecule has 3 fully saturated rings. The van der Waals surface area contributed by atoms with Crippen LogP contribution in [0.5, 0.6) is 0 Å². The molecule has 0 saturated heterocycles. The Kier molecular flexibility index (Phi) is 4.37. The summed E-state index contributed by atoms with van der Waals surface area (Å²) in [6.45, 7) is 15.4. The molecule has 138 valence electrons. The summed E-state index contributed by atoms with van der Waals surface area (Å²) >= 11 is 0. The zero-order valence-corrected chi connectivity index (χ0v) is 16.9. The summed E-state index contributed by atoms with van der Waals surface area (Å²) in [4.78, 5) is 13.3. The highest BCUT2D eigenvalue weighted by Gasteiger charge is 2.56. The molecule has 3 saturated carbocycles. The van der Waals surface area contributed by atoms with Gasteiger partial charge in [-0.25, -0.2) is 0 Å². The largest absolute Gasteiger partial charge is 0.462 e. The molecule has 3 aliphatic carbocycles. The topological polar surface area (TPSA) is 26.3 Å². The van der Waals surface area contributed by atoms with E-state index in [4.69, 9.17) is 4.74 Å². The highest BCUT2D eigenvalue weighted by Crippen LogP contribution is 2.60. The first kappa shape index (κ1) is 18.3. The summed E-state index contributed by atoms with van der Waals surface area (Å²) < 4.78 is 6.25. The summed E-state index contributed by atoms with van der Waals surface area (Å²) in [6, 6.07) is 0. The average molecular weight is 335 g/mol. The SMILES string of the molecule is CC(C)(C)CC(C)(C(=O)OC1CC2CC1C1CCCC21)C(C)(C)C. The number of esters is 1. The fourth-order valence-corrected chi connectivity index (χ4v) is 6.11. The third-order valence-corrected chi connectivity index (χ3v) is 7.62. The van der Waals surface area contributed by atoms with E-state index in [1.807, 2.05) is 0 Å². The molecule has 2 nitrogen and oxygen atoms in total. The number of rotatable bonds is 3. The maximum absolute atomic E-state index is 13.3. The van der Waals surface area contributed by atoms with Gasteiger partial charge in [-0.2, -0.15) is 0 Å². The molecule has 0 amide bonds. The van der Waals surface area contributed by atoms with Crippen LogP contribution in [0.2, 0.25) is 0 Å². The monoisotopic (exact) mass is 334 g/mol. The Hall–Kier alpha value is -0.530. The maximum atomic E-state index is 13.3. The van der Waals surface area contributed by atoms with Crippen LogP contribution in [0.1, 0.15) is 87.0 Å². The van der Waals surface area contributed by atoms with Crippen LogP contribution in [0.25, 0.3) is 0 Å². The van der Waals surface area contributed by atoms with E-state index < -0.39 is 5.41 Å². The Morgan fingerprint density at radius 1 is 0.917 bits per heavy atom. The lowest BCUT2D eigenvalue weighted by Gasteiger charge is -2.44. The van der Waals surface area contributed by atoms with E-state index in [9.17, 15) is 4.79 Å². The van der Waals surface area contributed by atoms with Crippen molar-refractivity contribution < 1.29 is 9.53 Å². The normalized spacial score (nSPS) is 38.0. The molecule has 2 heteroatoms. The van der Waals surface area contributed by atoms with E-state index in [2.05, 4.69) is 48.5 Å². The van der Waals surface area contributed by atoms with Gasteiger partial charge in [-0.15, -0.1) is 0 Å². The van der Waals surface area contributed by atoms with Crippen LogP contribution in [-0.4, -0.2) is 12.1 Å². The minimum atomic E-state index is -0.428. The highest BCUT2D eigenvalue weighted by atomic mass is 16.5. The summed E-state index contributed by atoms with van der Waals surface area (Å²) in [6.07, 6.45) is 7.71. The lowest BCUT2D eigenvalue weighted by atomic mass is 9.61. The molecular weight excluding hydrogens is 296 g/mol. The van der Waals surface area contributed by atoms with Gasteiger partial charge in [0.2, 0.25) is 0 Å². The van der Waals surface area contributed by atoms with E-state index in [0.29, 0.717) is 5.92 Å². The smallest absolute Gasteiger partial charge is 0.312 e. The van der Waals surface area contributed by atoms with Gasteiger partial charge in [0.1, 0.15) is 6.10 Å². The molecule has 0 radical (unpaired) electrons. The molecule has 3 aliphatic rings. The summed E-state index contributed by atoms with van der Waals surface area (Å²) in [7, 11) is 0.